The van der Waals surface area contributed by atoms with E-state index < -0.39 is 5.97 Å². The fourth-order valence-electron chi connectivity index (χ4n) is 2.63. The van der Waals surface area contributed by atoms with Gasteiger partial charge in [0, 0.05) is 16.9 Å². The molecule has 3 aromatic rings. The number of aryl methyl sites for hydroxylation is 1. The number of ketones is 1. The molecule has 0 aliphatic rings. The molecule has 164 valence electrons. The van der Waals surface area contributed by atoms with E-state index in [1.165, 1.54) is 30.6 Å². The lowest BCUT2D eigenvalue weighted by Gasteiger charge is -2.07. The van der Waals surface area contributed by atoms with Crippen molar-refractivity contribution >= 4 is 46.9 Å². The molecule has 0 spiro atoms. The van der Waals surface area contributed by atoms with Gasteiger partial charge in [0.15, 0.2) is 10.9 Å². The summed E-state index contributed by atoms with van der Waals surface area (Å²) < 4.78 is 4.65. The van der Waals surface area contributed by atoms with Crippen molar-refractivity contribution in [2.24, 2.45) is 0 Å². The molecule has 0 saturated heterocycles. The molecule has 3 rings (SSSR count). The average Bonchev–Trinajstić information content (AvgIpc) is 2.81. The highest BCUT2D eigenvalue weighted by atomic mass is 32.2. The van der Waals surface area contributed by atoms with Crippen LogP contribution in [0.4, 0.5) is 5.69 Å². The molecule has 0 atom stereocenters. The number of aromatic nitrogens is 2. The van der Waals surface area contributed by atoms with Gasteiger partial charge >= 0.3 is 5.97 Å². The Balaban J connectivity index is 1.53. The minimum Gasteiger partial charge on any atom is -0.465 e. The fourth-order valence-corrected chi connectivity index (χ4v) is 4.25. The van der Waals surface area contributed by atoms with Crippen molar-refractivity contribution in [3.63, 3.8) is 0 Å². The van der Waals surface area contributed by atoms with Crippen molar-refractivity contribution in [1.29, 1.82) is 0 Å². The Labute approximate surface area is 194 Å². The number of thioether (sulfide) groups is 2. The maximum absolute atomic E-state index is 12.3. The molecule has 0 aliphatic heterocycles. The summed E-state index contributed by atoms with van der Waals surface area (Å²) in [6.07, 6.45) is 0. The molecule has 1 heterocycles. The number of carbonyl (C=O) groups excluding carboxylic acids is 3. The van der Waals surface area contributed by atoms with Gasteiger partial charge < -0.3 is 10.1 Å². The first kappa shape index (κ1) is 23.5. The molecule has 1 amide bonds. The van der Waals surface area contributed by atoms with Crippen LogP contribution in [0.15, 0.2) is 70.8 Å². The fraction of sp³-hybridized carbons (Fsp3) is 0.174. The number of ether oxygens (including phenoxy) is 1. The lowest BCUT2D eigenvalue weighted by Crippen LogP contribution is -2.14. The number of Topliss-reactive ketones (excluding diaryl/α,β-unsaturated/α-hetero) is 1. The molecule has 0 saturated carbocycles. The predicted octanol–water partition coefficient (Wildman–Crippen LogP) is 4.28. The van der Waals surface area contributed by atoms with E-state index in [0.717, 1.165) is 5.69 Å². The van der Waals surface area contributed by atoms with Gasteiger partial charge in [0.1, 0.15) is 5.03 Å². The van der Waals surface area contributed by atoms with Crippen LogP contribution in [0.1, 0.15) is 26.4 Å². The Morgan fingerprint density at radius 3 is 2.31 bits per heavy atom. The van der Waals surface area contributed by atoms with Crippen molar-refractivity contribution in [1.82, 2.24) is 9.97 Å². The van der Waals surface area contributed by atoms with Crippen molar-refractivity contribution in [3.8, 4) is 0 Å². The normalized spacial score (nSPS) is 10.4. The molecular formula is C23H21N3O4S2. The minimum absolute atomic E-state index is 0.00695. The topological polar surface area (TPSA) is 98.2 Å². The zero-order valence-electron chi connectivity index (χ0n) is 17.5. The van der Waals surface area contributed by atoms with Crippen LogP contribution in [0, 0.1) is 6.92 Å². The van der Waals surface area contributed by atoms with Gasteiger partial charge in [-0.1, -0.05) is 53.9 Å². The van der Waals surface area contributed by atoms with E-state index in [2.05, 4.69) is 20.0 Å². The Kier molecular flexibility index (Phi) is 8.41. The number of nitrogens with one attached hydrogen (secondary N) is 1. The van der Waals surface area contributed by atoms with Crippen LogP contribution in [0.5, 0.6) is 0 Å². The molecule has 1 N–H and O–H groups in total. The number of amides is 1. The number of methoxy groups -OCH3 is 1. The maximum atomic E-state index is 12.3. The highest BCUT2D eigenvalue weighted by Crippen LogP contribution is 2.22. The number of hydrogen-bond acceptors (Lipinski definition) is 8. The van der Waals surface area contributed by atoms with Crippen LogP contribution < -0.4 is 5.32 Å². The summed E-state index contributed by atoms with van der Waals surface area (Å²) >= 11 is 2.55. The van der Waals surface area contributed by atoms with E-state index in [0.29, 0.717) is 27.0 Å². The first-order valence-corrected chi connectivity index (χ1v) is 11.6. The molecule has 0 aliphatic carbocycles. The second-order valence-corrected chi connectivity index (χ2v) is 8.55. The zero-order valence-corrected chi connectivity index (χ0v) is 19.2. The number of nitrogens with zero attached hydrogens (tertiary/aromatic N) is 2. The van der Waals surface area contributed by atoms with E-state index in [1.807, 2.05) is 25.1 Å². The van der Waals surface area contributed by atoms with E-state index in [-0.39, 0.29) is 23.2 Å². The average molecular weight is 468 g/mol. The number of hydrogen-bond donors (Lipinski definition) is 1. The predicted molar refractivity (Wildman–Crippen MR) is 125 cm³/mol. The Bertz CT molecular complexity index is 1110. The summed E-state index contributed by atoms with van der Waals surface area (Å²) in [7, 11) is 1.31. The summed E-state index contributed by atoms with van der Waals surface area (Å²) in [5.74, 6) is -0.239. The van der Waals surface area contributed by atoms with Crippen molar-refractivity contribution in [3.05, 3.63) is 77.5 Å². The van der Waals surface area contributed by atoms with Gasteiger partial charge in [-0.2, -0.15) is 0 Å². The molecule has 0 radical (unpaired) electrons. The van der Waals surface area contributed by atoms with Crippen molar-refractivity contribution < 1.29 is 19.1 Å². The first-order valence-electron chi connectivity index (χ1n) is 9.62. The van der Waals surface area contributed by atoms with E-state index in [9.17, 15) is 14.4 Å². The van der Waals surface area contributed by atoms with E-state index >= 15 is 0 Å². The molecule has 0 bridgehead atoms. The molecule has 9 heteroatoms. The van der Waals surface area contributed by atoms with Crippen molar-refractivity contribution in [2.45, 2.75) is 17.1 Å². The van der Waals surface area contributed by atoms with Gasteiger partial charge in [-0.3, -0.25) is 9.59 Å². The minimum atomic E-state index is -0.434. The van der Waals surface area contributed by atoms with Gasteiger partial charge in [0.2, 0.25) is 5.91 Å². The monoisotopic (exact) mass is 467 g/mol. The number of anilines is 1. The molecule has 2 aromatic carbocycles. The van der Waals surface area contributed by atoms with Gasteiger partial charge in [-0.05, 0) is 37.3 Å². The van der Waals surface area contributed by atoms with Crippen LogP contribution in [-0.4, -0.2) is 46.2 Å². The maximum Gasteiger partial charge on any atom is 0.337 e. The van der Waals surface area contributed by atoms with E-state index in [1.54, 1.807) is 42.5 Å². The third-order valence-corrected chi connectivity index (χ3v) is 5.94. The quantitative estimate of drug-likeness (QED) is 0.164. The third kappa shape index (κ3) is 6.93. The van der Waals surface area contributed by atoms with Gasteiger partial charge in [0.25, 0.3) is 0 Å². The van der Waals surface area contributed by atoms with Crippen LogP contribution >= 0.6 is 23.5 Å². The summed E-state index contributed by atoms with van der Waals surface area (Å²) in [5.41, 5.74) is 2.40. The highest BCUT2D eigenvalue weighted by molar-refractivity contribution is 8.00. The van der Waals surface area contributed by atoms with Crippen LogP contribution in [0.25, 0.3) is 0 Å². The largest absolute Gasteiger partial charge is 0.465 e. The number of rotatable bonds is 9. The van der Waals surface area contributed by atoms with Crippen LogP contribution in [0.3, 0.4) is 0 Å². The Hall–Kier alpha value is -3.17. The van der Waals surface area contributed by atoms with Gasteiger partial charge in [-0.15, -0.1) is 0 Å². The number of carbonyl (C=O) groups is 3. The Morgan fingerprint density at radius 1 is 0.906 bits per heavy atom. The standard InChI is InChI=1S/C23H21N3O4S2/c1-15-12-21(26-23(24-15)32-13-19(27)16-6-4-3-5-7-16)31-14-20(28)25-18-10-8-17(9-11-18)22(29)30-2/h3-12H,13-14H2,1-2H3,(H,25,28). The molecule has 7 nitrogen and oxygen atoms in total. The van der Waals surface area contributed by atoms with Crippen molar-refractivity contribution in [2.75, 3.05) is 23.9 Å². The third-order valence-electron chi connectivity index (χ3n) is 4.18. The number of esters is 1. The second-order valence-electron chi connectivity index (χ2n) is 6.61. The summed E-state index contributed by atoms with van der Waals surface area (Å²) in [6.45, 7) is 1.84. The van der Waals surface area contributed by atoms with Crippen LogP contribution in [0.2, 0.25) is 0 Å². The smallest absolute Gasteiger partial charge is 0.337 e. The molecular weight excluding hydrogens is 446 g/mol. The lowest BCUT2D eigenvalue weighted by atomic mass is 10.2. The Morgan fingerprint density at radius 2 is 1.62 bits per heavy atom. The highest BCUT2D eigenvalue weighted by Gasteiger charge is 2.11. The first-order chi connectivity index (χ1) is 15.4. The molecule has 0 fully saturated rings. The van der Waals surface area contributed by atoms with Gasteiger partial charge in [-0.25, -0.2) is 14.8 Å². The summed E-state index contributed by atoms with van der Waals surface area (Å²) in [6, 6.07) is 17.3. The summed E-state index contributed by atoms with van der Waals surface area (Å²) in [5, 5.41) is 3.93. The summed E-state index contributed by atoms with van der Waals surface area (Å²) in [4.78, 5) is 44.9. The zero-order chi connectivity index (χ0) is 22.9. The van der Waals surface area contributed by atoms with Gasteiger partial charge in [0.05, 0.1) is 24.2 Å². The number of benzene rings is 2. The van der Waals surface area contributed by atoms with Crippen LogP contribution in [-0.2, 0) is 9.53 Å². The molecule has 0 unspecified atom stereocenters. The lowest BCUT2D eigenvalue weighted by molar-refractivity contribution is -0.113. The second kappa shape index (κ2) is 11.4. The molecule has 32 heavy (non-hydrogen) atoms. The SMILES string of the molecule is COC(=O)c1ccc(NC(=O)CSc2cc(C)nc(SCC(=O)c3ccccc3)n2)cc1. The molecule has 1 aromatic heterocycles. The van der Waals surface area contributed by atoms with E-state index in [4.69, 9.17) is 0 Å².